The molecule has 4 nitrogen and oxygen atoms in total. The van der Waals surface area contributed by atoms with Gasteiger partial charge in [-0.25, -0.2) is 0 Å². The highest BCUT2D eigenvalue weighted by atomic mass is 16.3. The molecule has 0 amide bonds. The van der Waals surface area contributed by atoms with Crippen molar-refractivity contribution in [1.29, 1.82) is 0 Å². The third-order valence-corrected chi connectivity index (χ3v) is 8.04. The number of hydrogen-bond donors (Lipinski definition) is 2. The predicted molar refractivity (Wildman–Crippen MR) is 93.6 cm³/mol. The zero-order valence-electron chi connectivity index (χ0n) is 15.1. The number of ketones is 2. The summed E-state index contributed by atoms with van der Waals surface area (Å²) in [5, 5.41) is 20.5. The number of hydrogen-bond acceptors (Lipinski definition) is 4. The van der Waals surface area contributed by atoms with Crippen LogP contribution in [0.2, 0.25) is 0 Å². The Hall–Kier alpha value is -1.26. The van der Waals surface area contributed by atoms with Gasteiger partial charge >= 0.3 is 0 Å². The van der Waals surface area contributed by atoms with Crippen molar-refractivity contribution in [1.82, 2.24) is 0 Å². The van der Waals surface area contributed by atoms with Crippen LogP contribution < -0.4 is 0 Å². The van der Waals surface area contributed by atoms with Gasteiger partial charge in [0.15, 0.2) is 11.6 Å². The van der Waals surface area contributed by atoms with Crippen LogP contribution in [0.4, 0.5) is 0 Å². The number of carbonyl (C=O) groups excluding carboxylic acids is 2. The molecule has 0 heterocycles. The van der Waals surface area contributed by atoms with Gasteiger partial charge in [0.2, 0.25) is 0 Å². The molecule has 7 atom stereocenters. The molecule has 136 valence electrons. The van der Waals surface area contributed by atoms with Crippen LogP contribution in [-0.4, -0.2) is 34.5 Å². The molecule has 0 radical (unpaired) electrons. The summed E-state index contributed by atoms with van der Waals surface area (Å²) >= 11 is 0. The van der Waals surface area contributed by atoms with Crippen LogP contribution in [0.15, 0.2) is 23.8 Å². The third kappa shape index (κ3) is 2.26. The summed E-state index contributed by atoms with van der Waals surface area (Å²) in [6.45, 7) is 3.92. The maximum Gasteiger partial charge on any atom is 0.178 e. The topological polar surface area (TPSA) is 74.6 Å². The lowest BCUT2D eigenvalue weighted by Gasteiger charge is -2.58. The molecule has 4 aliphatic carbocycles. The van der Waals surface area contributed by atoms with E-state index >= 15 is 0 Å². The lowest BCUT2D eigenvalue weighted by Crippen LogP contribution is -2.56. The predicted octanol–water partition coefficient (Wildman–Crippen LogP) is 2.44. The number of carbonyl (C=O) groups is 2. The Morgan fingerprint density at radius 1 is 1.28 bits per heavy atom. The standard InChI is InChI=1S/C21H28O4/c1-20-8-7-13(23)9-12(20)3-4-14-15-5-6-16(18(25)11-22)21(15,2)10-17(24)19(14)20/h7-9,14-17,19,22,24H,3-6,10-11H2,1-2H3/t14?,15?,16-,17+,19?,20?,21?/m1/s1. The number of aliphatic hydroxyl groups is 2. The summed E-state index contributed by atoms with van der Waals surface area (Å²) in [6.07, 6.45) is 9.25. The van der Waals surface area contributed by atoms with Gasteiger partial charge in [-0.3, -0.25) is 9.59 Å². The first kappa shape index (κ1) is 17.2. The largest absolute Gasteiger partial charge is 0.393 e. The number of allylic oxidation sites excluding steroid dienone is 4. The fraction of sp³-hybridized carbons (Fsp3) is 0.714. The summed E-state index contributed by atoms with van der Waals surface area (Å²) in [6, 6.07) is 0. The monoisotopic (exact) mass is 344 g/mol. The zero-order valence-corrected chi connectivity index (χ0v) is 15.1. The van der Waals surface area contributed by atoms with Crippen molar-refractivity contribution in [3.63, 3.8) is 0 Å². The van der Waals surface area contributed by atoms with Crippen LogP contribution in [0, 0.1) is 34.5 Å². The van der Waals surface area contributed by atoms with E-state index in [9.17, 15) is 19.8 Å². The lowest BCUT2D eigenvalue weighted by atomic mass is 9.46. The Bertz CT molecular complexity index is 677. The van der Waals surface area contributed by atoms with Gasteiger partial charge in [0.1, 0.15) is 6.61 Å². The molecular weight excluding hydrogens is 316 g/mol. The van der Waals surface area contributed by atoms with Crippen molar-refractivity contribution in [3.8, 4) is 0 Å². The zero-order chi connectivity index (χ0) is 18.0. The van der Waals surface area contributed by atoms with Gasteiger partial charge < -0.3 is 10.2 Å². The molecule has 3 saturated carbocycles. The average Bonchev–Trinajstić information content (AvgIpc) is 2.91. The SMILES string of the molecule is CC12C=CC(=O)C=C1CCC1C2[C@@H](O)CC2(C)C1CC[C@@H]2C(=O)CO. The van der Waals surface area contributed by atoms with Gasteiger partial charge in [-0.1, -0.05) is 25.5 Å². The second-order valence-electron chi connectivity index (χ2n) is 9.05. The summed E-state index contributed by atoms with van der Waals surface area (Å²) in [7, 11) is 0. The van der Waals surface area contributed by atoms with Gasteiger partial charge in [-0.15, -0.1) is 0 Å². The fourth-order valence-electron chi connectivity index (χ4n) is 6.96. The number of rotatable bonds is 2. The first-order valence-electron chi connectivity index (χ1n) is 9.57. The molecule has 0 aromatic heterocycles. The van der Waals surface area contributed by atoms with E-state index in [4.69, 9.17) is 0 Å². The highest BCUT2D eigenvalue weighted by molar-refractivity contribution is 6.01. The van der Waals surface area contributed by atoms with Crippen LogP contribution in [-0.2, 0) is 9.59 Å². The van der Waals surface area contributed by atoms with E-state index in [0.29, 0.717) is 18.3 Å². The summed E-state index contributed by atoms with van der Waals surface area (Å²) in [5.74, 6) is 0.734. The third-order valence-electron chi connectivity index (χ3n) is 8.04. The minimum atomic E-state index is -0.482. The van der Waals surface area contributed by atoms with Crippen molar-refractivity contribution in [3.05, 3.63) is 23.8 Å². The molecule has 3 fully saturated rings. The number of aliphatic hydroxyl groups excluding tert-OH is 2. The molecule has 0 aromatic rings. The highest BCUT2D eigenvalue weighted by Gasteiger charge is 2.62. The van der Waals surface area contributed by atoms with Crippen LogP contribution in [0.3, 0.4) is 0 Å². The molecule has 4 aliphatic rings. The van der Waals surface area contributed by atoms with E-state index in [0.717, 1.165) is 31.3 Å². The van der Waals surface area contributed by atoms with E-state index in [1.165, 1.54) is 0 Å². The molecule has 4 heteroatoms. The van der Waals surface area contributed by atoms with Crippen molar-refractivity contribution < 1.29 is 19.8 Å². The molecular formula is C21H28O4. The van der Waals surface area contributed by atoms with Crippen molar-refractivity contribution >= 4 is 11.6 Å². The first-order chi connectivity index (χ1) is 11.8. The summed E-state index contributed by atoms with van der Waals surface area (Å²) in [4.78, 5) is 24.1. The fourth-order valence-corrected chi connectivity index (χ4v) is 6.96. The number of fused-ring (bicyclic) bond motifs is 5. The van der Waals surface area contributed by atoms with E-state index in [1.54, 1.807) is 12.2 Å². The lowest BCUT2D eigenvalue weighted by molar-refractivity contribution is -0.141. The van der Waals surface area contributed by atoms with E-state index in [-0.39, 0.29) is 34.2 Å². The maximum atomic E-state index is 12.3. The van der Waals surface area contributed by atoms with E-state index in [2.05, 4.69) is 13.8 Å². The molecule has 0 bridgehead atoms. The van der Waals surface area contributed by atoms with Gasteiger partial charge in [0, 0.05) is 17.3 Å². The van der Waals surface area contributed by atoms with Crippen LogP contribution >= 0.6 is 0 Å². The highest BCUT2D eigenvalue weighted by Crippen LogP contribution is 2.65. The quantitative estimate of drug-likeness (QED) is 0.807. The van der Waals surface area contributed by atoms with Crippen LogP contribution in [0.1, 0.15) is 46.0 Å². The molecule has 0 aliphatic heterocycles. The van der Waals surface area contributed by atoms with Crippen molar-refractivity contribution in [2.75, 3.05) is 6.61 Å². The van der Waals surface area contributed by atoms with E-state index < -0.39 is 12.7 Å². The summed E-state index contributed by atoms with van der Waals surface area (Å²) in [5.41, 5.74) is 0.688. The molecule has 0 saturated heterocycles. The summed E-state index contributed by atoms with van der Waals surface area (Å²) < 4.78 is 0. The minimum absolute atomic E-state index is 0.0514. The normalized spacial score (nSPS) is 48.4. The first-order valence-corrected chi connectivity index (χ1v) is 9.57. The Morgan fingerprint density at radius 2 is 2.04 bits per heavy atom. The van der Waals surface area contributed by atoms with Gasteiger partial charge in [0.05, 0.1) is 6.10 Å². The van der Waals surface area contributed by atoms with Gasteiger partial charge in [0.25, 0.3) is 0 Å². The molecule has 25 heavy (non-hydrogen) atoms. The Labute approximate surface area is 149 Å². The van der Waals surface area contributed by atoms with Crippen LogP contribution in [0.5, 0.6) is 0 Å². The molecule has 2 N–H and O–H groups in total. The van der Waals surface area contributed by atoms with Gasteiger partial charge in [-0.2, -0.15) is 0 Å². The molecule has 5 unspecified atom stereocenters. The molecule has 4 rings (SSSR count). The second-order valence-corrected chi connectivity index (χ2v) is 9.05. The Morgan fingerprint density at radius 3 is 2.76 bits per heavy atom. The van der Waals surface area contributed by atoms with Gasteiger partial charge in [-0.05, 0) is 61.5 Å². The smallest absolute Gasteiger partial charge is 0.178 e. The average molecular weight is 344 g/mol. The Balaban J connectivity index is 1.71. The minimum Gasteiger partial charge on any atom is -0.393 e. The molecule has 0 spiro atoms. The second kappa shape index (κ2) is 5.62. The van der Waals surface area contributed by atoms with Crippen LogP contribution in [0.25, 0.3) is 0 Å². The molecule has 0 aromatic carbocycles. The van der Waals surface area contributed by atoms with Crippen molar-refractivity contribution in [2.45, 2.75) is 52.1 Å². The Kier molecular flexibility index (Phi) is 3.86. The maximum absolute atomic E-state index is 12.3. The number of Topliss-reactive ketones (excluding diaryl/α,β-unsaturated/α-hetero) is 1. The van der Waals surface area contributed by atoms with E-state index in [1.807, 2.05) is 6.08 Å². The van der Waals surface area contributed by atoms with Crippen molar-refractivity contribution in [2.24, 2.45) is 34.5 Å².